The summed E-state index contributed by atoms with van der Waals surface area (Å²) in [5.74, 6) is 0. The number of rotatable bonds is 0. The molecule has 3 heteroatoms. The number of hydrogen-bond acceptors (Lipinski definition) is 3. The van der Waals surface area contributed by atoms with Crippen molar-refractivity contribution in [3.8, 4) is 11.1 Å². The van der Waals surface area contributed by atoms with Crippen LogP contribution in [0.4, 0.5) is 17.1 Å². The van der Waals surface area contributed by atoms with Gasteiger partial charge in [-0.3, -0.25) is 9.97 Å². The van der Waals surface area contributed by atoms with Crippen LogP contribution >= 0.6 is 0 Å². The van der Waals surface area contributed by atoms with Gasteiger partial charge in [0, 0.05) is 31.4 Å². The molecule has 28 heavy (non-hydrogen) atoms. The van der Waals surface area contributed by atoms with Gasteiger partial charge in [-0.15, -0.1) is 0 Å². The van der Waals surface area contributed by atoms with E-state index in [4.69, 9.17) is 4.98 Å². The van der Waals surface area contributed by atoms with E-state index in [0.717, 1.165) is 19.3 Å². The molecule has 0 atom stereocenters. The Hall–Kier alpha value is -3.46. The van der Waals surface area contributed by atoms with E-state index >= 15 is 0 Å². The number of pyridine rings is 2. The molecule has 0 N–H and O–H groups in total. The van der Waals surface area contributed by atoms with Crippen LogP contribution in [0.15, 0.2) is 67.1 Å². The van der Waals surface area contributed by atoms with E-state index in [1.54, 1.807) is 0 Å². The van der Waals surface area contributed by atoms with Gasteiger partial charge in [0.1, 0.15) is 0 Å². The highest BCUT2D eigenvalue weighted by molar-refractivity contribution is 5.91. The van der Waals surface area contributed by atoms with E-state index < -0.39 is 0 Å². The summed E-state index contributed by atoms with van der Waals surface area (Å²) < 4.78 is 0. The summed E-state index contributed by atoms with van der Waals surface area (Å²) in [5, 5.41) is 0. The fraction of sp³-hybridized carbons (Fsp3) is 0.120. The molecule has 4 aromatic rings. The van der Waals surface area contributed by atoms with Gasteiger partial charge in [0.2, 0.25) is 0 Å². The molecule has 0 radical (unpaired) electrons. The van der Waals surface area contributed by atoms with E-state index in [-0.39, 0.29) is 0 Å². The average molecular weight is 359 g/mol. The summed E-state index contributed by atoms with van der Waals surface area (Å²) >= 11 is 0. The summed E-state index contributed by atoms with van der Waals surface area (Å²) in [6.07, 6.45) is 8.71. The topological polar surface area (TPSA) is 29.0 Å². The maximum Gasteiger partial charge on any atom is 0.0716 e. The van der Waals surface area contributed by atoms with E-state index in [1.165, 1.54) is 61.7 Å². The van der Waals surface area contributed by atoms with Gasteiger partial charge < -0.3 is 4.90 Å². The number of benzene rings is 2. The van der Waals surface area contributed by atoms with Crippen molar-refractivity contribution in [1.82, 2.24) is 9.97 Å². The third-order valence-corrected chi connectivity index (χ3v) is 6.40. The van der Waals surface area contributed by atoms with E-state index in [9.17, 15) is 0 Å². The molecule has 0 amide bonds. The zero-order chi connectivity index (χ0) is 18.2. The molecule has 0 saturated carbocycles. The van der Waals surface area contributed by atoms with Crippen LogP contribution in [0.1, 0.15) is 33.5 Å². The maximum absolute atomic E-state index is 4.76. The molecule has 0 saturated heterocycles. The van der Waals surface area contributed by atoms with Crippen molar-refractivity contribution in [1.29, 1.82) is 0 Å². The molecule has 0 fully saturated rings. The molecule has 7 rings (SSSR count). The molecule has 2 aliphatic heterocycles. The Morgan fingerprint density at radius 1 is 0.679 bits per heavy atom. The van der Waals surface area contributed by atoms with E-state index in [2.05, 4.69) is 58.4 Å². The zero-order valence-electron chi connectivity index (χ0n) is 15.3. The molecule has 0 spiro atoms. The van der Waals surface area contributed by atoms with Crippen LogP contribution in [0.25, 0.3) is 11.1 Å². The minimum atomic E-state index is 0.894. The lowest BCUT2D eigenvalue weighted by atomic mass is 9.88. The first-order valence-corrected chi connectivity index (χ1v) is 9.81. The highest BCUT2D eigenvalue weighted by Crippen LogP contribution is 2.51. The standard InChI is InChI=1S/C25H17N3/c1-2-4-20-15(3-1)9-17-13-24-18(11-21(17)20)12-22-25-16(5-8-27-22)10-19-14-26-7-6-23(19)28(24)25/h1-8,11,13-14H,9-10,12H2. The Kier molecular flexibility index (Phi) is 2.64. The second-order valence-electron chi connectivity index (χ2n) is 7.93. The summed E-state index contributed by atoms with van der Waals surface area (Å²) in [6, 6.07) is 17.9. The highest BCUT2D eigenvalue weighted by Gasteiger charge is 2.33. The van der Waals surface area contributed by atoms with Gasteiger partial charge in [-0.2, -0.15) is 0 Å². The summed E-state index contributed by atoms with van der Waals surface area (Å²) in [6.45, 7) is 0. The van der Waals surface area contributed by atoms with Crippen molar-refractivity contribution in [2.24, 2.45) is 0 Å². The van der Waals surface area contributed by atoms with Crippen LogP contribution in [0.2, 0.25) is 0 Å². The molecule has 132 valence electrons. The predicted molar refractivity (Wildman–Crippen MR) is 111 cm³/mol. The van der Waals surface area contributed by atoms with Crippen molar-refractivity contribution in [3.05, 3.63) is 101 Å². The molecule has 0 bridgehead atoms. The van der Waals surface area contributed by atoms with Gasteiger partial charge in [-0.25, -0.2) is 0 Å². The third-order valence-electron chi connectivity index (χ3n) is 6.40. The lowest BCUT2D eigenvalue weighted by Gasteiger charge is -2.38. The van der Waals surface area contributed by atoms with Gasteiger partial charge in [-0.05, 0) is 69.6 Å². The number of aromatic nitrogens is 2. The monoisotopic (exact) mass is 359 g/mol. The Bertz CT molecular complexity index is 1310. The number of nitrogens with zero attached hydrogens (tertiary/aromatic N) is 3. The van der Waals surface area contributed by atoms with Gasteiger partial charge in [0.15, 0.2) is 0 Å². The Balaban J connectivity index is 1.51. The second-order valence-corrected chi connectivity index (χ2v) is 7.93. The van der Waals surface area contributed by atoms with Gasteiger partial charge in [-0.1, -0.05) is 24.3 Å². The molecule has 4 heterocycles. The van der Waals surface area contributed by atoms with Crippen molar-refractivity contribution in [2.75, 3.05) is 4.90 Å². The van der Waals surface area contributed by atoms with Crippen LogP contribution in [-0.4, -0.2) is 9.97 Å². The van der Waals surface area contributed by atoms with Crippen molar-refractivity contribution >= 4 is 17.1 Å². The lowest BCUT2D eigenvalue weighted by molar-refractivity contribution is 0.953. The average Bonchev–Trinajstić information content (AvgIpc) is 3.09. The Morgan fingerprint density at radius 3 is 2.61 bits per heavy atom. The molecule has 3 aliphatic rings. The first-order chi connectivity index (χ1) is 13.9. The fourth-order valence-corrected chi connectivity index (χ4v) is 5.18. The predicted octanol–water partition coefficient (Wildman–Crippen LogP) is 5.33. The Morgan fingerprint density at radius 2 is 1.61 bits per heavy atom. The molecule has 2 aromatic heterocycles. The minimum absolute atomic E-state index is 0.894. The number of anilines is 3. The van der Waals surface area contributed by atoms with Gasteiger partial charge >= 0.3 is 0 Å². The van der Waals surface area contributed by atoms with Crippen molar-refractivity contribution in [2.45, 2.75) is 19.3 Å². The molecule has 1 aliphatic carbocycles. The first-order valence-electron chi connectivity index (χ1n) is 9.81. The number of fused-ring (bicyclic) bond motifs is 7. The van der Waals surface area contributed by atoms with Crippen molar-refractivity contribution < 1.29 is 0 Å². The van der Waals surface area contributed by atoms with Gasteiger partial charge in [0.05, 0.1) is 22.8 Å². The third kappa shape index (κ3) is 1.79. The van der Waals surface area contributed by atoms with Crippen LogP contribution in [0.5, 0.6) is 0 Å². The molecular formula is C25H17N3. The van der Waals surface area contributed by atoms with Crippen LogP contribution < -0.4 is 4.90 Å². The molecule has 0 unspecified atom stereocenters. The fourth-order valence-electron chi connectivity index (χ4n) is 5.18. The number of hydrogen-bond donors (Lipinski definition) is 0. The van der Waals surface area contributed by atoms with Gasteiger partial charge in [0.25, 0.3) is 0 Å². The Labute approximate surface area is 163 Å². The smallest absolute Gasteiger partial charge is 0.0716 e. The van der Waals surface area contributed by atoms with Crippen LogP contribution in [-0.2, 0) is 19.3 Å². The second kappa shape index (κ2) is 5.08. The largest absolute Gasteiger partial charge is 0.308 e. The summed E-state index contributed by atoms with van der Waals surface area (Å²) in [4.78, 5) is 11.6. The van der Waals surface area contributed by atoms with E-state index in [0.29, 0.717) is 0 Å². The lowest BCUT2D eigenvalue weighted by Crippen LogP contribution is -2.25. The van der Waals surface area contributed by atoms with Crippen LogP contribution in [0, 0.1) is 0 Å². The first kappa shape index (κ1) is 14.6. The SMILES string of the molecule is c1ccc2c(c1)Cc1cc3c(cc1-2)Cc1nccc2c1N3c1ccncc1C2. The summed E-state index contributed by atoms with van der Waals surface area (Å²) in [5.41, 5.74) is 14.6. The normalized spacial score (nSPS) is 14.6. The molecule has 2 aromatic carbocycles. The quantitative estimate of drug-likeness (QED) is 0.367. The minimum Gasteiger partial charge on any atom is -0.308 e. The summed E-state index contributed by atoms with van der Waals surface area (Å²) in [7, 11) is 0. The molecular weight excluding hydrogens is 342 g/mol. The van der Waals surface area contributed by atoms with Crippen LogP contribution in [0.3, 0.4) is 0 Å². The zero-order valence-corrected chi connectivity index (χ0v) is 15.3. The highest BCUT2D eigenvalue weighted by atomic mass is 15.2. The van der Waals surface area contributed by atoms with Crippen molar-refractivity contribution in [3.63, 3.8) is 0 Å². The maximum atomic E-state index is 4.76. The van der Waals surface area contributed by atoms with E-state index in [1.807, 2.05) is 18.6 Å². The molecule has 3 nitrogen and oxygen atoms in total.